The van der Waals surface area contributed by atoms with Crippen molar-refractivity contribution >= 4 is 30.8 Å². The normalized spacial score (nSPS) is 11.1. The number of hydrogen-bond donors (Lipinski definition) is 2. The van der Waals surface area contributed by atoms with E-state index in [9.17, 15) is 19.8 Å². The van der Waals surface area contributed by atoms with Gasteiger partial charge in [-0.2, -0.15) is 0 Å². The number of carboxylic acids is 2. The van der Waals surface area contributed by atoms with Gasteiger partial charge in [-0.05, 0) is 12.8 Å². The fraction of sp³-hybridized carbons (Fsp3) is 0.900. The molecule has 0 aromatic heterocycles. The molecule has 144 valence electrons. The Kier molecular flexibility index (Phi) is 18.2. The molecule has 0 aliphatic carbocycles. The summed E-state index contributed by atoms with van der Waals surface area (Å²) in [6, 6.07) is 0. The van der Waals surface area contributed by atoms with Crippen LogP contribution in [0.1, 0.15) is 110 Å². The minimum atomic E-state index is -1.07. The Labute approximate surface area is 166 Å². The van der Waals surface area contributed by atoms with Crippen LogP contribution in [0.3, 0.4) is 0 Å². The van der Waals surface area contributed by atoms with Crippen LogP contribution in [-0.2, 0) is 9.59 Å². The van der Waals surface area contributed by atoms with Gasteiger partial charge in [0.05, 0.1) is 11.8 Å². The van der Waals surface area contributed by atoms with E-state index >= 15 is 0 Å². The molecule has 0 radical (unpaired) electrons. The first kappa shape index (κ1) is 26.8. The third-order valence-electron chi connectivity index (χ3n) is 4.96. The molecule has 25 heavy (non-hydrogen) atoms. The van der Waals surface area contributed by atoms with E-state index in [0.717, 1.165) is 38.5 Å². The standard InChI is InChI=1S/C20H38O4.Li.H/c1-3-5-7-9-11-13-15-20(19(23)24,17-18(21)22)16-14-12-10-8-6-4-2;;/h3-17H2,1-2H3,(H,21,22)(H,23,24);;. The van der Waals surface area contributed by atoms with E-state index in [1.807, 2.05) is 0 Å². The van der Waals surface area contributed by atoms with Crippen molar-refractivity contribution in [3.8, 4) is 0 Å². The molecule has 0 aliphatic rings. The van der Waals surface area contributed by atoms with Crippen molar-refractivity contribution in [3.05, 3.63) is 0 Å². The Balaban J connectivity index is 0. The van der Waals surface area contributed by atoms with Crippen LogP contribution < -0.4 is 0 Å². The molecule has 0 heterocycles. The van der Waals surface area contributed by atoms with Gasteiger partial charge in [-0.1, -0.05) is 90.9 Å². The molecule has 0 spiro atoms. The predicted molar refractivity (Wildman–Crippen MR) is 105 cm³/mol. The summed E-state index contributed by atoms with van der Waals surface area (Å²) >= 11 is 0. The zero-order valence-corrected chi connectivity index (χ0v) is 15.8. The molecular weight excluding hydrogens is 311 g/mol. The van der Waals surface area contributed by atoms with Crippen LogP contribution >= 0.6 is 0 Å². The molecule has 5 heteroatoms. The Morgan fingerprint density at radius 1 is 0.680 bits per heavy atom. The number of hydrogen-bond acceptors (Lipinski definition) is 2. The van der Waals surface area contributed by atoms with Gasteiger partial charge >= 0.3 is 30.8 Å². The van der Waals surface area contributed by atoms with Crippen LogP contribution in [0, 0.1) is 5.41 Å². The van der Waals surface area contributed by atoms with Gasteiger partial charge in [0, 0.05) is 0 Å². The van der Waals surface area contributed by atoms with Crippen LogP contribution in [0.15, 0.2) is 0 Å². The van der Waals surface area contributed by atoms with E-state index < -0.39 is 17.4 Å². The number of unbranched alkanes of at least 4 members (excludes halogenated alkanes) is 10. The molecule has 0 aromatic rings. The second-order valence-electron chi connectivity index (χ2n) is 7.19. The second-order valence-corrected chi connectivity index (χ2v) is 7.19. The summed E-state index contributed by atoms with van der Waals surface area (Å²) in [6.07, 6.45) is 13.8. The summed E-state index contributed by atoms with van der Waals surface area (Å²) in [7, 11) is 0. The third-order valence-corrected chi connectivity index (χ3v) is 4.96. The summed E-state index contributed by atoms with van der Waals surface area (Å²) in [6.45, 7) is 4.34. The number of rotatable bonds is 17. The van der Waals surface area contributed by atoms with Crippen LogP contribution in [0.2, 0.25) is 0 Å². The van der Waals surface area contributed by atoms with Crippen molar-refractivity contribution in [2.75, 3.05) is 0 Å². The second kappa shape index (κ2) is 17.0. The molecule has 0 bridgehead atoms. The molecule has 0 saturated carbocycles. The van der Waals surface area contributed by atoms with Crippen LogP contribution in [0.5, 0.6) is 0 Å². The van der Waals surface area contributed by atoms with Crippen molar-refractivity contribution in [1.29, 1.82) is 0 Å². The molecule has 4 nitrogen and oxygen atoms in total. The van der Waals surface area contributed by atoms with Crippen LogP contribution in [-0.4, -0.2) is 41.0 Å². The molecule has 2 N–H and O–H groups in total. The fourth-order valence-corrected chi connectivity index (χ4v) is 3.37. The summed E-state index contributed by atoms with van der Waals surface area (Å²) in [5.41, 5.74) is -1.07. The average molecular weight is 350 g/mol. The Morgan fingerprint density at radius 2 is 1.04 bits per heavy atom. The van der Waals surface area contributed by atoms with E-state index in [2.05, 4.69) is 13.8 Å². The SMILES string of the molecule is CCCCCCCCC(CCCCCCCC)(CC(=O)O)C(=O)O.[LiH]. The summed E-state index contributed by atoms with van der Waals surface area (Å²) < 4.78 is 0. The van der Waals surface area contributed by atoms with Crippen molar-refractivity contribution in [1.82, 2.24) is 0 Å². The van der Waals surface area contributed by atoms with E-state index in [0.29, 0.717) is 12.8 Å². The molecule has 0 unspecified atom stereocenters. The monoisotopic (exact) mass is 350 g/mol. The van der Waals surface area contributed by atoms with Gasteiger partial charge in [0.25, 0.3) is 0 Å². The number of aliphatic carboxylic acids is 2. The van der Waals surface area contributed by atoms with Gasteiger partial charge in [-0.3, -0.25) is 9.59 Å². The van der Waals surface area contributed by atoms with Crippen molar-refractivity contribution in [2.45, 2.75) is 110 Å². The van der Waals surface area contributed by atoms with Crippen LogP contribution in [0.25, 0.3) is 0 Å². The number of carbonyl (C=O) groups is 2. The third kappa shape index (κ3) is 13.4. The zero-order valence-electron chi connectivity index (χ0n) is 15.8. The van der Waals surface area contributed by atoms with E-state index in [-0.39, 0.29) is 25.3 Å². The summed E-state index contributed by atoms with van der Waals surface area (Å²) in [4.78, 5) is 23.0. The Bertz CT molecular complexity index is 329. The van der Waals surface area contributed by atoms with Gasteiger partial charge < -0.3 is 10.2 Å². The quantitative estimate of drug-likeness (QED) is 0.273. The molecule has 0 fully saturated rings. The molecular formula is C20H39LiO4. The van der Waals surface area contributed by atoms with Crippen LogP contribution in [0.4, 0.5) is 0 Å². The maximum absolute atomic E-state index is 11.8. The minimum absolute atomic E-state index is 0. The van der Waals surface area contributed by atoms with Crippen molar-refractivity contribution in [3.63, 3.8) is 0 Å². The Hall–Kier alpha value is -0.463. The van der Waals surface area contributed by atoms with E-state index in [1.54, 1.807) is 0 Å². The zero-order chi connectivity index (χ0) is 18.3. The van der Waals surface area contributed by atoms with Gasteiger partial charge in [0.15, 0.2) is 0 Å². The average Bonchev–Trinajstić information content (AvgIpc) is 2.53. The predicted octanol–water partition coefficient (Wildman–Crippen LogP) is 5.38. The first-order chi connectivity index (χ1) is 11.5. The number of carboxylic acid groups (broad SMARTS) is 2. The maximum atomic E-state index is 11.8. The molecule has 0 rings (SSSR count). The summed E-state index contributed by atoms with van der Waals surface area (Å²) in [5.74, 6) is -1.92. The first-order valence-corrected chi connectivity index (χ1v) is 9.93. The molecule has 0 aromatic carbocycles. The fourth-order valence-electron chi connectivity index (χ4n) is 3.37. The van der Waals surface area contributed by atoms with Crippen molar-refractivity contribution < 1.29 is 19.8 Å². The van der Waals surface area contributed by atoms with Gasteiger partial charge in [-0.15, -0.1) is 0 Å². The van der Waals surface area contributed by atoms with Gasteiger partial charge in [0.1, 0.15) is 0 Å². The molecule has 0 atom stereocenters. The van der Waals surface area contributed by atoms with Gasteiger partial charge in [-0.25, -0.2) is 0 Å². The first-order valence-electron chi connectivity index (χ1n) is 9.93. The van der Waals surface area contributed by atoms with E-state index in [4.69, 9.17) is 0 Å². The summed E-state index contributed by atoms with van der Waals surface area (Å²) in [5, 5.41) is 18.9. The molecule has 0 amide bonds. The molecule has 0 aliphatic heterocycles. The molecule has 0 saturated heterocycles. The Morgan fingerprint density at radius 3 is 1.36 bits per heavy atom. The topological polar surface area (TPSA) is 74.6 Å². The van der Waals surface area contributed by atoms with Gasteiger partial charge in [0.2, 0.25) is 0 Å². The van der Waals surface area contributed by atoms with E-state index in [1.165, 1.54) is 38.5 Å². The van der Waals surface area contributed by atoms with Crippen molar-refractivity contribution in [2.24, 2.45) is 5.41 Å².